The Hall–Kier alpha value is -1.88. The lowest BCUT2D eigenvalue weighted by Gasteiger charge is -2.34. The van der Waals surface area contributed by atoms with Crippen LogP contribution in [0.1, 0.15) is 39.7 Å². The first-order valence-electron chi connectivity index (χ1n) is 12.8. The highest BCUT2D eigenvalue weighted by Gasteiger charge is 2.29. The summed E-state index contributed by atoms with van der Waals surface area (Å²) in [7, 11) is -1.15. The topological polar surface area (TPSA) is 74.4 Å². The average Bonchev–Trinajstić information content (AvgIpc) is 3.34. The lowest BCUT2D eigenvalue weighted by molar-refractivity contribution is 0.0189. The number of hydrogen-bond acceptors (Lipinski definition) is 5. The lowest BCUT2D eigenvalue weighted by Crippen LogP contribution is -2.42. The molecule has 0 atom stereocenters. The molecule has 0 unspecified atom stereocenters. The standard InChI is InChI=1S/C26H37BrClN5O3Si/c1-26(2,3)36-25(34)31-9-7-18(8-10-31)33-16-20(19-13-23(27)29-14-22(19)33)21-15-32(30-24(21)28)17-35-11-12-37(4,5)6/h13-16,18H,7-12,17H2,1-6H3. The van der Waals surface area contributed by atoms with Gasteiger partial charge in [-0.2, -0.15) is 5.10 Å². The molecule has 0 aromatic carbocycles. The number of ether oxygens (including phenoxy) is 2. The van der Waals surface area contributed by atoms with Crippen LogP contribution in [0.25, 0.3) is 22.0 Å². The van der Waals surface area contributed by atoms with Crippen LogP contribution in [0.3, 0.4) is 0 Å². The third-order valence-corrected chi connectivity index (χ3v) is 8.84. The van der Waals surface area contributed by atoms with E-state index in [1.807, 2.05) is 39.2 Å². The second-order valence-electron chi connectivity index (χ2n) is 11.9. The molecule has 1 aliphatic heterocycles. The van der Waals surface area contributed by atoms with Gasteiger partial charge in [0.25, 0.3) is 0 Å². The molecule has 3 aromatic heterocycles. The van der Waals surface area contributed by atoms with Gasteiger partial charge in [-0.15, -0.1) is 0 Å². The summed E-state index contributed by atoms with van der Waals surface area (Å²) in [6.07, 6.45) is 7.40. The minimum Gasteiger partial charge on any atom is -0.444 e. The van der Waals surface area contributed by atoms with E-state index in [1.54, 1.807) is 9.58 Å². The summed E-state index contributed by atoms with van der Waals surface area (Å²) in [6, 6.07) is 3.36. The Bertz CT molecular complexity index is 1260. The van der Waals surface area contributed by atoms with Gasteiger partial charge < -0.3 is 18.9 Å². The summed E-state index contributed by atoms with van der Waals surface area (Å²) >= 11 is 10.2. The maximum atomic E-state index is 12.5. The molecule has 1 saturated heterocycles. The van der Waals surface area contributed by atoms with E-state index in [9.17, 15) is 4.79 Å². The van der Waals surface area contributed by atoms with Gasteiger partial charge in [0.15, 0.2) is 5.15 Å². The molecule has 37 heavy (non-hydrogen) atoms. The number of likely N-dealkylation sites (tertiary alicyclic amines) is 1. The van der Waals surface area contributed by atoms with Crippen LogP contribution in [0.4, 0.5) is 4.79 Å². The summed E-state index contributed by atoms with van der Waals surface area (Å²) in [4.78, 5) is 18.8. The van der Waals surface area contributed by atoms with Gasteiger partial charge in [-0.3, -0.25) is 0 Å². The maximum absolute atomic E-state index is 12.5. The van der Waals surface area contributed by atoms with Crippen molar-refractivity contribution in [1.82, 2.24) is 24.2 Å². The Balaban J connectivity index is 1.54. The summed E-state index contributed by atoms with van der Waals surface area (Å²) in [6.45, 7) is 15.1. The second kappa shape index (κ2) is 11.1. The molecule has 0 aliphatic carbocycles. The van der Waals surface area contributed by atoms with Crippen molar-refractivity contribution < 1.29 is 14.3 Å². The highest BCUT2D eigenvalue weighted by molar-refractivity contribution is 9.10. The van der Waals surface area contributed by atoms with Crippen LogP contribution in [-0.2, 0) is 16.2 Å². The second-order valence-corrected chi connectivity index (χ2v) is 18.7. The predicted molar refractivity (Wildman–Crippen MR) is 154 cm³/mol. The van der Waals surface area contributed by atoms with Crippen LogP contribution in [0, 0.1) is 0 Å². The van der Waals surface area contributed by atoms with Crippen LogP contribution in [-0.4, -0.2) is 63.7 Å². The number of halogens is 2. The molecule has 1 fully saturated rings. The fourth-order valence-corrected chi connectivity index (χ4v) is 5.81. The summed E-state index contributed by atoms with van der Waals surface area (Å²) in [5.74, 6) is 0. The van der Waals surface area contributed by atoms with Crippen molar-refractivity contribution in [1.29, 1.82) is 0 Å². The molecule has 11 heteroatoms. The zero-order valence-corrected chi connectivity index (χ0v) is 25.9. The van der Waals surface area contributed by atoms with Crippen molar-refractivity contribution in [3.8, 4) is 11.1 Å². The van der Waals surface area contributed by atoms with E-state index >= 15 is 0 Å². The number of hydrogen-bond donors (Lipinski definition) is 0. The number of aromatic nitrogens is 4. The minimum atomic E-state index is -1.15. The Labute approximate surface area is 233 Å². The normalized spacial score (nSPS) is 15.5. The Morgan fingerprint density at radius 2 is 1.89 bits per heavy atom. The summed E-state index contributed by atoms with van der Waals surface area (Å²) < 4.78 is 16.2. The van der Waals surface area contributed by atoms with E-state index in [4.69, 9.17) is 21.1 Å². The van der Waals surface area contributed by atoms with Crippen LogP contribution in [0.2, 0.25) is 30.8 Å². The monoisotopic (exact) mass is 609 g/mol. The fourth-order valence-electron chi connectivity index (χ4n) is 4.47. The van der Waals surface area contributed by atoms with Crippen LogP contribution >= 0.6 is 27.5 Å². The Morgan fingerprint density at radius 3 is 2.54 bits per heavy atom. The Kier molecular flexibility index (Phi) is 8.42. The van der Waals surface area contributed by atoms with Gasteiger partial charge in [0.1, 0.15) is 16.9 Å². The van der Waals surface area contributed by atoms with Crippen molar-refractivity contribution in [2.45, 2.75) is 77.7 Å². The highest BCUT2D eigenvalue weighted by Crippen LogP contribution is 2.38. The minimum absolute atomic E-state index is 0.233. The number of carbonyl (C=O) groups excluding carboxylic acids is 1. The van der Waals surface area contributed by atoms with Crippen LogP contribution in [0.15, 0.2) is 29.3 Å². The molecule has 8 nitrogen and oxygen atoms in total. The third kappa shape index (κ3) is 7.16. The van der Waals surface area contributed by atoms with E-state index < -0.39 is 13.7 Å². The molecule has 4 rings (SSSR count). The number of fused-ring (bicyclic) bond motifs is 1. The van der Waals surface area contributed by atoms with E-state index in [1.165, 1.54) is 0 Å². The quantitative estimate of drug-likeness (QED) is 0.161. The molecule has 0 saturated carbocycles. The first kappa shape index (κ1) is 28.1. The molecule has 202 valence electrons. The van der Waals surface area contributed by atoms with Gasteiger partial charge in [-0.1, -0.05) is 31.2 Å². The molecule has 1 aliphatic rings. The van der Waals surface area contributed by atoms with Gasteiger partial charge in [0.05, 0.1) is 11.7 Å². The smallest absolute Gasteiger partial charge is 0.410 e. The predicted octanol–water partition coefficient (Wildman–Crippen LogP) is 7.20. The molecule has 0 bridgehead atoms. The van der Waals surface area contributed by atoms with Gasteiger partial charge >= 0.3 is 6.09 Å². The van der Waals surface area contributed by atoms with Crippen molar-refractivity contribution >= 4 is 52.6 Å². The molecule has 1 amide bonds. The Morgan fingerprint density at radius 1 is 1.19 bits per heavy atom. The van der Waals surface area contributed by atoms with E-state index in [0.29, 0.717) is 25.0 Å². The fraction of sp³-hybridized carbons (Fsp3) is 0.577. The summed E-state index contributed by atoms with van der Waals surface area (Å²) in [5.41, 5.74) is 2.40. The first-order chi connectivity index (χ1) is 17.3. The lowest BCUT2D eigenvalue weighted by atomic mass is 10.1. The maximum Gasteiger partial charge on any atom is 0.410 e. The first-order valence-corrected chi connectivity index (χ1v) is 17.6. The number of piperidine rings is 1. The van der Waals surface area contributed by atoms with E-state index in [0.717, 1.165) is 52.1 Å². The van der Waals surface area contributed by atoms with E-state index in [2.05, 4.69) is 56.4 Å². The number of pyridine rings is 1. The van der Waals surface area contributed by atoms with Crippen molar-refractivity contribution in [2.75, 3.05) is 19.7 Å². The largest absolute Gasteiger partial charge is 0.444 e. The van der Waals surface area contributed by atoms with Crippen LogP contribution < -0.4 is 0 Å². The molecule has 0 N–H and O–H groups in total. The van der Waals surface area contributed by atoms with Crippen molar-refractivity contribution in [2.24, 2.45) is 0 Å². The SMILES string of the molecule is CC(C)(C)OC(=O)N1CCC(n2cc(-c3cn(COCC[Si](C)(C)C)nc3Cl)c3cc(Br)ncc32)CC1. The van der Waals surface area contributed by atoms with Gasteiger partial charge in [0, 0.05) is 62.7 Å². The third-order valence-electron chi connectivity index (χ3n) is 6.42. The molecule has 4 heterocycles. The zero-order valence-electron chi connectivity index (χ0n) is 22.6. The van der Waals surface area contributed by atoms with E-state index in [-0.39, 0.29) is 12.1 Å². The number of rotatable bonds is 7. The van der Waals surface area contributed by atoms with Gasteiger partial charge in [-0.05, 0) is 61.7 Å². The molecule has 0 spiro atoms. The van der Waals surface area contributed by atoms with Crippen LogP contribution in [0.5, 0.6) is 0 Å². The highest BCUT2D eigenvalue weighted by atomic mass is 79.9. The van der Waals surface area contributed by atoms with Crippen molar-refractivity contribution in [3.05, 3.63) is 34.4 Å². The average molecular weight is 611 g/mol. The number of nitrogens with zero attached hydrogens (tertiary/aromatic N) is 5. The van der Waals surface area contributed by atoms with Gasteiger partial charge in [-0.25, -0.2) is 14.5 Å². The number of carbonyl (C=O) groups is 1. The molecule has 0 radical (unpaired) electrons. The zero-order chi connectivity index (χ0) is 27.0. The molecular weight excluding hydrogens is 574 g/mol. The van der Waals surface area contributed by atoms with Crippen molar-refractivity contribution in [3.63, 3.8) is 0 Å². The molecule has 3 aromatic rings. The van der Waals surface area contributed by atoms with Gasteiger partial charge in [0.2, 0.25) is 0 Å². The summed E-state index contributed by atoms with van der Waals surface area (Å²) in [5, 5.41) is 6.00. The number of amides is 1. The molecular formula is C26H37BrClN5O3Si.